The van der Waals surface area contributed by atoms with Crippen molar-refractivity contribution in [2.45, 2.75) is 32.2 Å². The van der Waals surface area contributed by atoms with Gasteiger partial charge in [0.2, 0.25) is 5.78 Å². The first-order valence-electron chi connectivity index (χ1n) is 9.92. The van der Waals surface area contributed by atoms with Crippen LogP contribution in [0.1, 0.15) is 47.2 Å². The van der Waals surface area contributed by atoms with E-state index in [9.17, 15) is 9.90 Å². The Morgan fingerprint density at radius 2 is 1.79 bits per heavy atom. The Kier molecular flexibility index (Phi) is 5.35. The molecule has 0 bridgehead atoms. The first-order chi connectivity index (χ1) is 13.7. The molecule has 2 aromatic carbocycles. The summed E-state index contributed by atoms with van der Waals surface area (Å²) < 4.78 is 11.1. The van der Waals surface area contributed by atoms with Gasteiger partial charge < -0.3 is 19.5 Å². The van der Waals surface area contributed by atoms with E-state index in [1.165, 1.54) is 30.6 Å². The molecule has 0 spiro atoms. The summed E-state index contributed by atoms with van der Waals surface area (Å²) in [5, 5.41) is 10.5. The Balaban J connectivity index is 1.61. The highest BCUT2D eigenvalue weighted by Crippen LogP contribution is 2.39. The Bertz CT molecular complexity index is 894. The lowest BCUT2D eigenvalue weighted by atomic mass is 10.0. The predicted molar refractivity (Wildman–Crippen MR) is 107 cm³/mol. The van der Waals surface area contributed by atoms with Crippen molar-refractivity contribution in [2.75, 3.05) is 20.2 Å². The number of phenolic OH excluding ortho intramolecular Hbond substituents is 1. The Labute approximate surface area is 165 Å². The Morgan fingerprint density at radius 3 is 2.46 bits per heavy atom. The molecule has 1 fully saturated rings. The molecular formula is C23H26NO4+. The zero-order chi connectivity index (χ0) is 19.5. The summed E-state index contributed by atoms with van der Waals surface area (Å²) in [5.74, 6) is 1.63. The number of likely N-dealkylation sites (tertiary alicyclic amines) is 1. The summed E-state index contributed by atoms with van der Waals surface area (Å²) in [7, 11) is 1.62. The number of nitrogens with one attached hydrogen (secondary N) is 1. The zero-order valence-corrected chi connectivity index (χ0v) is 16.2. The lowest BCUT2D eigenvalue weighted by Crippen LogP contribution is -3.10. The predicted octanol–water partition coefficient (Wildman–Crippen LogP) is 2.98. The number of Topliss-reactive ketones (excluding diaryl/α,β-unsaturated/α-hetero) is 1. The minimum absolute atomic E-state index is 0.141. The van der Waals surface area contributed by atoms with E-state index in [-0.39, 0.29) is 17.3 Å². The highest BCUT2D eigenvalue weighted by Gasteiger charge is 2.32. The third-order valence-corrected chi connectivity index (χ3v) is 5.57. The number of hydrogen-bond donors (Lipinski definition) is 2. The van der Waals surface area contributed by atoms with Crippen LogP contribution in [-0.4, -0.2) is 31.1 Å². The van der Waals surface area contributed by atoms with Gasteiger partial charge in [0.15, 0.2) is 11.5 Å². The number of methoxy groups -OCH3 is 1. The molecule has 0 unspecified atom stereocenters. The minimum Gasteiger partial charge on any atom is -0.507 e. The molecule has 0 aliphatic carbocycles. The fraction of sp³-hybridized carbons (Fsp3) is 0.348. The average molecular weight is 380 g/mol. The van der Waals surface area contributed by atoms with Crippen molar-refractivity contribution in [1.29, 1.82) is 0 Å². The third-order valence-electron chi connectivity index (χ3n) is 5.57. The lowest BCUT2D eigenvalue weighted by molar-refractivity contribution is -0.913. The number of ether oxygens (including phenoxy) is 2. The van der Waals surface area contributed by atoms with Crippen molar-refractivity contribution >= 4 is 11.9 Å². The quantitative estimate of drug-likeness (QED) is 0.801. The van der Waals surface area contributed by atoms with E-state index < -0.39 is 0 Å². The molecule has 2 heterocycles. The van der Waals surface area contributed by atoms with Crippen LogP contribution < -0.4 is 14.4 Å². The van der Waals surface area contributed by atoms with Gasteiger partial charge in [-0.25, -0.2) is 0 Å². The van der Waals surface area contributed by atoms with Gasteiger partial charge in [0.1, 0.15) is 18.0 Å². The maximum absolute atomic E-state index is 12.8. The van der Waals surface area contributed by atoms with Gasteiger partial charge in [0.05, 0.1) is 31.3 Å². The summed E-state index contributed by atoms with van der Waals surface area (Å²) in [6.45, 7) is 2.86. The smallest absolute Gasteiger partial charge is 0.231 e. The number of carbonyl (C=O) groups is 1. The van der Waals surface area contributed by atoms with Crippen molar-refractivity contribution in [3.05, 3.63) is 58.8 Å². The van der Waals surface area contributed by atoms with Gasteiger partial charge in [-0.2, -0.15) is 0 Å². The van der Waals surface area contributed by atoms with Gasteiger partial charge in [-0.1, -0.05) is 12.1 Å². The lowest BCUT2D eigenvalue weighted by Gasteiger charge is -2.18. The monoisotopic (exact) mass is 380 g/mol. The van der Waals surface area contributed by atoms with E-state index in [2.05, 4.69) is 0 Å². The van der Waals surface area contributed by atoms with Crippen LogP contribution in [0.2, 0.25) is 0 Å². The first kappa shape index (κ1) is 18.6. The number of quaternary nitrogens is 1. The van der Waals surface area contributed by atoms with E-state index in [4.69, 9.17) is 9.47 Å². The summed E-state index contributed by atoms with van der Waals surface area (Å²) in [6.07, 6.45) is 6.68. The highest BCUT2D eigenvalue weighted by atomic mass is 16.5. The number of phenols is 1. The number of carbonyl (C=O) groups excluding carboxylic acids is 1. The summed E-state index contributed by atoms with van der Waals surface area (Å²) in [5.41, 5.74) is 2.13. The van der Waals surface area contributed by atoms with E-state index in [0.717, 1.165) is 30.0 Å². The van der Waals surface area contributed by atoms with Crippen molar-refractivity contribution in [1.82, 2.24) is 0 Å². The van der Waals surface area contributed by atoms with E-state index in [0.29, 0.717) is 17.9 Å². The maximum Gasteiger partial charge on any atom is 0.231 e. The third kappa shape index (κ3) is 3.76. The Morgan fingerprint density at radius 1 is 1.07 bits per heavy atom. The largest absolute Gasteiger partial charge is 0.507 e. The van der Waals surface area contributed by atoms with Crippen molar-refractivity contribution in [3.8, 4) is 17.2 Å². The molecular weight excluding hydrogens is 354 g/mol. The molecule has 0 atom stereocenters. The molecule has 28 heavy (non-hydrogen) atoms. The van der Waals surface area contributed by atoms with Gasteiger partial charge in [0, 0.05) is 0 Å². The minimum atomic E-state index is -0.141. The molecule has 1 saturated heterocycles. The molecule has 146 valence electrons. The van der Waals surface area contributed by atoms with Crippen molar-refractivity contribution in [3.63, 3.8) is 0 Å². The van der Waals surface area contributed by atoms with Crippen LogP contribution in [0.15, 0.2) is 42.2 Å². The zero-order valence-electron chi connectivity index (χ0n) is 16.2. The van der Waals surface area contributed by atoms with Crippen LogP contribution in [0.25, 0.3) is 6.08 Å². The molecule has 0 saturated carbocycles. The summed E-state index contributed by atoms with van der Waals surface area (Å²) in [6, 6.07) is 10.7. The molecule has 0 amide bonds. The second-order valence-corrected chi connectivity index (χ2v) is 7.49. The number of hydrogen-bond acceptors (Lipinski definition) is 4. The summed E-state index contributed by atoms with van der Waals surface area (Å²) >= 11 is 0. The van der Waals surface area contributed by atoms with Crippen LogP contribution in [0.5, 0.6) is 17.2 Å². The number of rotatable bonds is 4. The Hall–Kier alpha value is -2.79. The van der Waals surface area contributed by atoms with Crippen molar-refractivity contribution in [2.24, 2.45) is 0 Å². The molecule has 4 rings (SSSR count). The first-order valence-corrected chi connectivity index (χ1v) is 9.92. The second-order valence-electron chi connectivity index (χ2n) is 7.49. The molecule has 2 aliphatic rings. The van der Waals surface area contributed by atoms with Gasteiger partial charge in [0.25, 0.3) is 0 Å². The van der Waals surface area contributed by atoms with Gasteiger partial charge >= 0.3 is 0 Å². The number of benzene rings is 2. The number of aromatic hydroxyl groups is 1. The van der Waals surface area contributed by atoms with Gasteiger partial charge in [-0.15, -0.1) is 0 Å². The van der Waals surface area contributed by atoms with E-state index >= 15 is 0 Å². The molecule has 0 radical (unpaired) electrons. The number of fused-ring (bicyclic) bond motifs is 1. The number of allylic oxidation sites excluding steroid dienone is 1. The number of ketones is 1. The maximum atomic E-state index is 12.8. The van der Waals surface area contributed by atoms with Crippen molar-refractivity contribution < 1.29 is 24.3 Å². The van der Waals surface area contributed by atoms with Crippen LogP contribution in [0, 0.1) is 0 Å². The van der Waals surface area contributed by atoms with Crippen LogP contribution >= 0.6 is 0 Å². The molecule has 5 heteroatoms. The summed E-state index contributed by atoms with van der Waals surface area (Å²) in [4.78, 5) is 14.3. The molecule has 0 aromatic heterocycles. The average Bonchev–Trinajstić information content (AvgIpc) is 2.88. The van der Waals surface area contributed by atoms with Gasteiger partial charge in [-0.3, -0.25) is 4.79 Å². The fourth-order valence-corrected chi connectivity index (χ4v) is 3.97. The van der Waals surface area contributed by atoms with E-state index in [1.54, 1.807) is 25.3 Å². The molecule has 2 N–H and O–H groups in total. The highest BCUT2D eigenvalue weighted by molar-refractivity contribution is 6.14. The second kappa shape index (κ2) is 8.07. The van der Waals surface area contributed by atoms with Crippen LogP contribution in [0.4, 0.5) is 0 Å². The topological polar surface area (TPSA) is 60.2 Å². The molecule has 2 aliphatic heterocycles. The van der Waals surface area contributed by atoms with E-state index in [1.807, 2.05) is 24.3 Å². The fourth-order valence-electron chi connectivity index (χ4n) is 3.97. The SMILES string of the molecule is COc1ccc(/C=C2\Oc3c(ccc(O)c3C[NH+]3CCCCCC3)C2=O)cc1. The van der Waals surface area contributed by atoms with Crippen LogP contribution in [0.3, 0.4) is 0 Å². The standard InChI is InChI=1S/C23H25NO4/c1-27-17-8-6-16(7-9-17)14-21-22(26)18-10-11-20(25)19(23(18)28-21)15-24-12-4-2-3-5-13-24/h6-11,14,25H,2-5,12-13,15H2,1H3/p+1/b21-14-. The molecule has 2 aromatic rings. The molecule has 5 nitrogen and oxygen atoms in total. The normalized spacial score (nSPS) is 18.6. The van der Waals surface area contributed by atoms with Gasteiger partial charge in [-0.05, 0) is 61.6 Å². The van der Waals surface area contributed by atoms with Crippen LogP contribution in [-0.2, 0) is 6.54 Å².